The minimum absolute atomic E-state index is 0.0567. The molecule has 0 aliphatic rings. The number of hydrogen-bond acceptors (Lipinski definition) is 4. The average Bonchev–Trinajstić information content (AvgIpc) is 2.74. The number of carbonyl (C=O) groups is 1. The standard InChI is InChI=1S/C14H18N2O4S/c1-14(2,3)21(19,20)9-8-16-11-7-5-4-6-10(11)12(15-16)13(17)18/h4-7H,8-9H2,1-3H3,(H,17,18). The molecule has 1 aromatic carbocycles. The van der Waals surface area contributed by atoms with Crippen LogP contribution in [-0.4, -0.2) is 39.8 Å². The number of aromatic nitrogens is 2. The third kappa shape index (κ3) is 2.92. The lowest BCUT2D eigenvalue weighted by molar-refractivity contribution is 0.0691. The van der Waals surface area contributed by atoms with Gasteiger partial charge in [-0.2, -0.15) is 5.10 Å². The third-order valence-corrected chi connectivity index (χ3v) is 5.95. The molecule has 21 heavy (non-hydrogen) atoms. The van der Waals surface area contributed by atoms with Gasteiger partial charge in [-0.1, -0.05) is 18.2 Å². The van der Waals surface area contributed by atoms with Crippen LogP contribution in [0.5, 0.6) is 0 Å². The smallest absolute Gasteiger partial charge is 0.357 e. The number of aromatic carboxylic acids is 1. The van der Waals surface area contributed by atoms with E-state index in [1.165, 1.54) is 4.68 Å². The van der Waals surface area contributed by atoms with E-state index in [1.54, 1.807) is 45.0 Å². The first kappa shape index (κ1) is 15.5. The van der Waals surface area contributed by atoms with E-state index in [0.717, 1.165) is 0 Å². The molecule has 114 valence electrons. The minimum atomic E-state index is -3.28. The molecule has 1 N–H and O–H groups in total. The Morgan fingerprint density at radius 1 is 1.29 bits per heavy atom. The Morgan fingerprint density at radius 3 is 2.48 bits per heavy atom. The first-order valence-corrected chi connectivity index (χ1v) is 8.20. The maximum atomic E-state index is 12.1. The molecule has 1 heterocycles. The first-order chi connectivity index (χ1) is 9.63. The van der Waals surface area contributed by atoms with E-state index in [1.807, 2.05) is 0 Å². The van der Waals surface area contributed by atoms with Crippen LogP contribution in [0.25, 0.3) is 10.9 Å². The van der Waals surface area contributed by atoms with Crippen LogP contribution in [0.3, 0.4) is 0 Å². The Balaban J connectivity index is 2.38. The van der Waals surface area contributed by atoms with E-state index >= 15 is 0 Å². The summed E-state index contributed by atoms with van der Waals surface area (Å²) in [6.07, 6.45) is 0. The van der Waals surface area contributed by atoms with Crippen LogP contribution >= 0.6 is 0 Å². The van der Waals surface area contributed by atoms with Crippen molar-refractivity contribution in [2.45, 2.75) is 32.1 Å². The molecule has 0 bridgehead atoms. The van der Waals surface area contributed by atoms with Gasteiger partial charge in [0, 0.05) is 5.39 Å². The molecule has 0 unspecified atom stereocenters. The molecular weight excluding hydrogens is 292 g/mol. The summed E-state index contributed by atoms with van der Waals surface area (Å²) >= 11 is 0. The van der Waals surface area contributed by atoms with Crippen molar-refractivity contribution in [2.75, 3.05) is 5.75 Å². The van der Waals surface area contributed by atoms with Crippen molar-refractivity contribution in [3.63, 3.8) is 0 Å². The predicted octanol–water partition coefficient (Wildman–Crippen LogP) is 1.95. The Bertz CT molecular complexity index is 785. The number of aryl methyl sites for hydroxylation is 1. The second-order valence-corrected chi connectivity index (χ2v) is 8.69. The highest BCUT2D eigenvalue weighted by molar-refractivity contribution is 7.92. The number of carboxylic acid groups (broad SMARTS) is 1. The van der Waals surface area contributed by atoms with Crippen LogP contribution < -0.4 is 0 Å². The molecule has 1 aromatic heterocycles. The maximum Gasteiger partial charge on any atom is 0.357 e. The van der Waals surface area contributed by atoms with E-state index in [4.69, 9.17) is 5.11 Å². The average molecular weight is 310 g/mol. The summed E-state index contributed by atoms with van der Waals surface area (Å²) in [5, 5.41) is 13.7. The topological polar surface area (TPSA) is 89.3 Å². The lowest BCUT2D eigenvalue weighted by Crippen LogP contribution is -2.32. The fourth-order valence-electron chi connectivity index (χ4n) is 1.97. The van der Waals surface area contributed by atoms with Crippen LogP contribution in [0.1, 0.15) is 31.3 Å². The zero-order chi connectivity index (χ0) is 15.8. The van der Waals surface area contributed by atoms with E-state index in [0.29, 0.717) is 10.9 Å². The third-order valence-electron chi connectivity index (χ3n) is 3.37. The van der Waals surface area contributed by atoms with E-state index in [2.05, 4.69) is 5.10 Å². The van der Waals surface area contributed by atoms with Crippen molar-refractivity contribution in [2.24, 2.45) is 0 Å². The maximum absolute atomic E-state index is 12.1. The molecule has 2 aromatic rings. The number of nitrogens with zero attached hydrogens (tertiary/aromatic N) is 2. The van der Waals surface area contributed by atoms with Gasteiger partial charge in [0.25, 0.3) is 0 Å². The molecule has 0 radical (unpaired) electrons. The van der Waals surface area contributed by atoms with Gasteiger partial charge in [-0.05, 0) is 26.8 Å². The van der Waals surface area contributed by atoms with Crippen molar-refractivity contribution in [1.82, 2.24) is 9.78 Å². The molecule has 0 spiro atoms. The Morgan fingerprint density at radius 2 is 1.90 bits per heavy atom. The van der Waals surface area contributed by atoms with Crippen LogP contribution in [0.4, 0.5) is 0 Å². The van der Waals surface area contributed by atoms with Gasteiger partial charge in [0.15, 0.2) is 15.5 Å². The SMILES string of the molecule is CC(C)(C)S(=O)(=O)CCn1nc(C(=O)O)c2ccccc21. The number of hydrogen-bond donors (Lipinski definition) is 1. The molecular formula is C14H18N2O4S. The minimum Gasteiger partial charge on any atom is -0.476 e. The zero-order valence-corrected chi connectivity index (χ0v) is 13.0. The highest BCUT2D eigenvalue weighted by Gasteiger charge is 2.29. The second kappa shape index (κ2) is 5.14. The fourth-order valence-corrected chi connectivity index (χ4v) is 2.99. The van der Waals surface area contributed by atoms with Crippen LogP contribution in [0, 0.1) is 0 Å². The molecule has 0 saturated carbocycles. The fraction of sp³-hybridized carbons (Fsp3) is 0.429. The largest absolute Gasteiger partial charge is 0.476 e. The van der Waals surface area contributed by atoms with Crippen molar-refractivity contribution < 1.29 is 18.3 Å². The van der Waals surface area contributed by atoms with Crippen molar-refractivity contribution in [3.8, 4) is 0 Å². The van der Waals surface area contributed by atoms with Gasteiger partial charge in [0.2, 0.25) is 0 Å². The molecule has 0 atom stereocenters. The summed E-state index contributed by atoms with van der Waals surface area (Å²) < 4.78 is 24.9. The summed E-state index contributed by atoms with van der Waals surface area (Å²) in [6.45, 7) is 5.07. The van der Waals surface area contributed by atoms with Gasteiger partial charge in [-0.25, -0.2) is 13.2 Å². The molecule has 0 saturated heterocycles. The summed E-state index contributed by atoms with van der Waals surface area (Å²) in [7, 11) is -3.28. The van der Waals surface area contributed by atoms with Crippen LogP contribution in [0.2, 0.25) is 0 Å². The van der Waals surface area contributed by atoms with Crippen LogP contribution in [0.15, 0.2) is 24.3 Å². The van der Waals surface area contributed by atoms with Crippen molar-refractivity contribution >= 4 is 26.7 Å². The molecule has 0 fully saturated rings. The number of sulfone groups is 1. The number of benzene rings is 1. The predicted molar refractivity (Wildman–Crippen MR) is 80.2 cm³/mol. The summed E-state index contributed by atoms with van der Waals surface area (Å²) in [5.74, 6) is -1.20. The summed E-state index contributed by atoms with van der Waals surface area (Å²) in [6, 6.07) is 6.90. The highest BCUT2D eigenvalue weighted by Crippen LogP contribution is 2.20. The van der Waals surface area contributed by atoms with E-state index in [9.17, 15) is 13.2 Å². The molecule has 2 rings (SSSR count). The van der Waals surface area contributed by atoms with Gasteiger partial charge in [-0.15, -0.1) is 0 Å². The van der Waals surface area contributed by atoms with Gasteiger partial charge in [0.05, 0.1) is 22.6 Å². The molecule has 0 aliphatic heterocycles. The van der Waals surface area contributed by atoms with Gasteiger partial charge in [-0.3, -0.25) is 4.68 Å². The quantitative estimate of drug-likeness (QED) is 0.932. The lowest BCUT2D eigenvalue weighted by Gasteiger charge is -2.19. The Kier molecular flexibility index (Phi) is 3.79. The van der Waals surface area contributed by atoms with Crippen molar-refractivity contribution in [3.05, 3.63) is 30.0 Å². The molecule has 0 amide bonds. The lowest BCUT2D eigenvalue weighted by atomic mass is 10.2. The van der Waals surface area contributed by atoms with E-state index in [-0.39, 0.29) is 18.0 Å². The number of carboxylic acids is 1. The molecule has 0 aliphatic carbocycles. The Labute approximate surface area is 123 Å². The number of para-hydroxylation sites is 1. The van der Waals surface area contributed by atoms with Crippen LogP contribution in [-0.2, 0) is 16.4 Å². The monoisotopic (exact) mass is 310 g/mol. The second-order valence-electron chi connectivity index (χ2n) is 5.83. The molecule has 7 heteroatoms. The number of fused-ring (bicyclic) bond motifs is 1. The summed E-state index contributed by atoms with van der Waals surface area (Å²) in [4.78, 5) is 11.2. The highest BCUT2D eigenvalue weighted by atomic mass is 32.2. The zero-order valence-electron chi connectivity index (χ0n) is 12.2. The summed E-state index contributed by atoms with van der Waals surface area (Å²) in [5.41, 5.74) is 0.567. The Hall–Kier alpha value is -1.89. The van der Waals surface area contributed by atoms with Crippen molar-refractivity contribution in [1.29, 1.82) is 0 Å². The molecule has 6 nitrogen and oxygen atoms in total. The van der Waals surface area contributed by atoms with Gasteiger partial charge < -0.3 is 5.11 Å². The normalized spacial score (nSPS) is 12.7. The van der Waals surface area contributed by atoms with Gasteiger partial charge in [0.1, 0.15) is 0 Å². The van der Waals surface area contributed by atoms with E-state index < -0.39 is 20.6 Å². The first-order valence-electron chi connectivity index (χ1n) is 6.54. The number of rotatable bonds is 4. The van der Waals surface area contributed by atoms with Gasteiger partial charge >= 0.3 is 5.97 Å².